The predicted molar refractivity (Wildman–Crippen MR) is 92.0 cm³/mol. The van der Waals surface area contributed by atoms with Crippen LogP contribution in [-0.2, 0) is 6.54 Å². The van der Waals surface area contributed by atoms with Crippen molar-refractivity contribution >= 4 is 11.6 Å². The van der Waals surface area contributed by atoms with Crippen LogP contribution in [0.1, 0.15) is 5.56 Å². The molecule has 0 atom stereocenters. The van der Waals surface area contributed by atoms with Crippen molar-refractivity contribution in [2.45, 2.75) is 6.54 Å². The Morgan fingerprint density at radius 3 is 2.70 bits per heavy atom. The third kappa shape index (κ3) is 3.24. The van der Waals surface area contributed by atoms with Crippen molar-refractivity contribution in [3.63, 3.8) is 0 Å². The Labute approximate surface area is 155 Å². The number of rotatable bonds is 4. The van der Waals surface area contributed by atoms with E-state index >= 15 is 0 Å². The molecule has 1 N–H and O–H groups in total. The van der Waals surface area contributed by atoms with E-state index in [4.69, 9.17) is 16.1 Å². The van der Waals surface area contributed by atoms with Gasteiger partial charge in [-0.25, -0.2) is 9.37 Å². The highest BCUT2D eigenvalue weighted by Crippen LogP contribution is 2.25. The Bertz CT molecular complexity index is 1170. The van der Waals surface area contributed by atoms with Crippen LogP contribution in [-0.4, -0.2) is 24.9 Å². The van der Waals surface area contributed by atoms with Crippen LogP contribution in [0, 0.1) is 11.6 Å². The van der Waals surface area contributed by atoms with Gasteiger partial charge in [-0.3, -0.25) is 9.48 Å². The molecule has 0 saturated carbocycles. The van der Waals surface area contributed by atoms with E-state index in [0.29, 0.717) is 17.0 Å². The summed E-state index contributed by atoms with van der Waals surface area (Å²) in [5, 5.41) is 7.63. The maximum atomic E-state index is 14.0. The lowest BCUT2D eigenvalue weighted by Gasteiger charge is -2.06. The smallest absolute Gasteiger partial charge is 0.288 e. The number of nitrogens with one attached hydrogen (secondary N) is 1. The first-order chi connectivity index (χ1) is 13.0. The van der Waals surface area contributed by atoms with E-state index < -0.39 is 22.3 Å². The summed E-state index contributed by atoms with van der Waals surface area (Å²) in [4.78, 5) is 17.7. The molecule has 4 aromatic rings. The van der Waals surface area contributed by atoms with Crippen LogP contribution in [0.2, 0.25) is 5.15 Å². The molecule has 136 valence electrons. The topological polar surface area (TPSA) is 89.6 Å². The van der Waals surface area contributed by atoms with E-state index in [0.717, 1.165) is 0 Å². The van der Waals surface area contributed by atoms with Gasteiger partial charge < -0.3 is 9.51 Å². The molecule has 0 unspecified atom stereocenters. The van der Waals surface area contributed by atoms with Gasteiger partial charge in [0, 0.05) is 11.6 Å². The molecule has 1 aromatic carbocycles. The average Bonchev–Trinajstić information content (AvgIpc) is 3.31. The molecule has 27 heavy (non-hydrogen) atoms. The van der Waals surface area contributed by atoms with Gasteiger partial charge in [0.25, 0.3) is 5.56 Å². The number of H-pyrrole nitrogens is 1. The van der Waals surface area contributed by atoms with Gasteiger partial charge in [0.05, 0.1) is 12.2 Å². The molecule has 3 aromatic heterocycles. The van der Waals surface area contributed by atoms with E-state index in [9.17, 15) is 13.6 Å². The fourth-order valence-electron chi connectivity index (χ4n) is 2.54. The zero-order chi connectivity index (χ0) is 19.0. The normalized spacial score (nSPS) is 11.1. The van der Waals surface area contributed by atoms with Crippen molar-refractivity contribution < 1.29 is 13.3 Å². The van der Waals surface area contributed by atoms with E-state index in [1.165, 1.54) is 17.0 Å². The zero-order valence-corrected chi connectivity index (χ0v) is 14.2. The molecule has 7 nitrogen and oxygen atoms in total. The highest BCUT2D eigenvalue weighted by molar-refractivity contribution is 6.29. The molecular weight excluding hydrogens is 380 g/mol. The number of hydrogen-bond acceptors (Lipinski definition) is 5. The van der Waals surface area contributed by atoms with Crippen molar-refractivity contribution in [1.29, 1.82) is 0 Å². The summed E-state index contributed by atoms with van der Waals surface area (Å²) < 4.78 is 33.8. The highest BCUT2D eigenvalue weighted by Gasteiger charge is 2.18. The molecular formula is C17H10ClF2N5O2. The predicted octanol–water partition coefficient (Wildman–Crippen LogP) is 3.27. The Kier molecular flexibility index (Phi) is 4.28. The molecule has 0 aliphatic rings. The van der Waals surface area contributed by atoms with Gasteiger partial charge in [-0.2, -0.15) is 9.49 Å². The van der Waals surface area contributed by atoms with E-state index in [-0.39, 0.29) is 18.1 Å². The molecule has 0 aliphatic heterocycles. The number of benzene rings is 1. The summed E-state index contributed by atoms with van der Waals surface area (Å²) in [6.07, 6.45) is 1.38. The lowest BCUT2D eigenvalue weighted by atomic mass is 10.2. The van der Waals surface area contributed by atoms with E-state index in [2.05, 4.69) is 20.2 Å². The molecule has 10 heteroatoms. The first-order valence-corrected chi connectivity index (χ1v) is 8.08. The molecule has 3 heterocycles. The minimum Gasteiger partial charge on any atom is -0.364 e. The molecule has 4 rings (SSSR count). The molecule has 0 radical (unpaired) electrons. The average molecular weight is 390 g/mol. The zero-order valence-electron chi connectivity index (χ0n) is 13.5. The van der Waals surface area contributed by atoms with Crippen molar-refractivity contribution in [2.75, 3.05) is 0 Å². The summed E-state index contributed by atoms with van der Waals surface area (Å²) in [5.74, 6) is -1.59. The monoisotopic (exact) mass is 389 g/mol. The minimum atomic E-state index is -1.18. The molecule has 0 amide bonds. The largest absolute Gasteiger partial charge is 0.364 e. The Morgan fingerprint density at radius 1 is 1.19 bits per heavy atom. The van der Waals surface area contributed by atoms with Gasteiger partial charge in [-0.1, -0.05) is 35.0 Å². The highest BCUT2D eigenvalue weighted by atomic mass is 35.5. The molecule has 0 aliphatic carbocycles. The van der Waals surface area contributed by atoms with Gasteiger partial charge in [0.1, 0.15) is 23.5 Å². The third-order valence-corrected chi connectivity index (χ3v) is 4.07. The van der Waals surface area contributed by atoms with Gasteiger partial charge >= 0.3 is 0 Å². The fourth-order valence-corrected chi connectivity index (χ4v) is 2.71. The minimum absolute atomic E-state index is 0.0246. The van der Waals surface area contributed by atoms with Crippen LogP contribution in [0.5, 0.6) is 0 Å². The summed E-state index contributed by atoms with van der Waals surface area (Å²) in [6.45, 7) is 0.0913. The first kappa shape index (κ1) is 17.1. The second kappa shape index (κ2) is 6.76. The standard InChI is InChI=1S/C17H10ClF2N5O2/c18-15-14(20)17(26)22-16(21-15)12-7-13(11-5-6-27-24-11)25(23-12)8-9-3-1-2-4-10(9)19/h1-7H,8H2,(H,21,22,26). The second-order valence-electron chi connectivity index (χ2n) is 5.57. The molecule has 0 spiro atoms. The van der Waals surface area contributed by atoms with Crippen molar-refractivity contribution in [3.05, 3.63) is 75.4 Å². The molecule has 0 fully saturated rings. The fraction of sp³-hybridized carbons (Fsp3) is 0.0588. The Morgan fingerprint density at radius 2 is 2.00 bits per heavy atom. The van der Waals surface area contributed by atoms with Gasteiger partial charge in [-0.05, 0) is 12.1 Å². The van der Waals surface area contributed by atoms with Crippen molar-refractivity contribution in [3.8, 4) is 22.9 Å². The number of hydrogen-bond donors (Lipinski definition) is 1. The van der Waals surface area contributed by atoms with Crippen LogP contribution < -0.4 is 5.56 Å². The maximum Gasteiger partial charge on any atom is 0.288 e. The Balaban J connectivity index is 1.84. The molecule has 0 saturated heterocycles. The van der Waals surface area contributed by atoms with E-state index in [1.54, 1.807) is 30.3 Å². The summed E-state index contributed by atoms with van der Waals surface area (Å²) in [7, 11) is 0. The van der Waals surface area contributed by atoms with Crippen LogP contribution in [0.15, 0.2) is 52.0 Å². The number of nitrogens with zero attached hydrogens (tertiary/aromatic N) is 4. The summed E-state index contributed by atoms with van der Waals surface area (Å²) in [6, 6.07) is 9.42. The van der Waals surface area contributed by atoms with Crippen LogP contribution in [0.4, 0.5) is 8.78 Å². The number of aromatic nitrogens is 5. The lowest BCUT2D eigenvalue weighted by molar-refractivity contribution is 0.421. The van der Waals surface area contributed by atoms with Crippen LogP contribution in [0.3, 0.4) is 0 Å². The molecule has 0 bridgehead atoms. The summed E-state index contributed by atoms with van der Waals surface area (Å²) >= 11 is 5.65. The SMILES string of the molecule is O=c1[nH]c(-c2cc(-c3ccon3)n(Cc3ccccc3F)n2)nc(Cl)c1F. The van der Waals surface area contributed by atoms with Crippen LogP contribution in [0.25, 0.3) is 22.9 Å². The first-order valence-electron chi connectivity index (χ1n) is 7.70. The van der Waals surface area contributed by atoms with Crippen LogP contribution >= 0.6 is 11.6 Å². The second-order valence-corrected chi connectivity index (χ2v) is 5.93. The van der Waals surface area contributed by atoms with E-state index in [1.807, 2.05) is 0 Å². The summed E-state index contributed by atoms with van der Waals surface area (Å²) in [5.41, 5.74) is 0.529. The van der Waals surface area contributed by atoms with Crippen molar-refractivity contribution in [2.24, 2.45) is 0 Å². The van der Waals surface area contributed by atoms with Crippen molar-refractivity contribution in [1.82, 2.24) is 24.9 Å². The van der Waals surface area contributed by atoms with Gasteiger partial charge in [0.15, 0.2) is 11.0 Å². The lowest BCUT2D eigenvalue weighted by Crippen LogP contribution is -2.14. The van der Waals surface area contributed by atoms with Gasteiger partial charge in [-0.15, -0.1) is 0 Å². The van der Waals surface area contributed by atoms with Gasteiger partial charge in [0.2, 0.25) is 5.82 Å². The third-order valence-electron chi connectivity index (χ3n) is 3.82. The quantitative estimate of drug-likeness (QED) is 0.541. The number of halogens is 3. The number of aromatic amines is 1. The maximum absolute atomic E-state index is 14.0. The Hall–Kier alpha value is -3.33.